The molecule has 0 aromatic heterocycles. The molecule has 0 aromatic carbocycles. The average molecular weight is 532 g/mol. The fraction of sp³-hybridized carbons (Fsp3) is 1.00. The first kappa shape index (κ1) is 22.8. The summed E-state index contributed by atoms with van der Waals surface area (Å²) in [7, 11) is 7.18. The average Bonchev–Trinajstić information content (AvgIpc) is 2.47. The monoisotopic (exact) mass is 534 g/mol. The SMILES string of the molecule is CCC[CH2][Sn]([CH3])([CH2]CCC)[O][Sn]([Cl])([CH2]CCC)[CH2]CCC. The van der Waals surface area contributed by atoms with Crippen molar-refractivity contribution in [3.63, 3.8) is 0 Å². The molecule has 0 bridgehead atoms. The van der Waals surface area contributed by atoms with Gasteiger partial charge in [0.1, 0.15) is 0 Å². The Morgan fingerprint density at radius 2 is 1.00 bits per heavy atom. The molecule has 0 atom stereocenters. The van der Waals surface area contributed by atoms with Gasteiger partial charge in [0.25, 0.3) is 0 Å². The minimum atomic E-state index is -2.79. The first-order valence-corrected chi connectivity index (χ1v) is 26.2. The van der Waals surface area contributed by atoms with Crippen molar-refractivity contribution in [3.05, 3.63) is 0 Å². The van der Waals surface area contributed by atoms with Crippen molar-refractivity contribution in [2.45, 2.75) is 102 Å². The van der Waals surface area contributed by atoms with E-state index >= 15 is 0 Å². The second-order valence-corrected chi connectivity index (χ2v) is 35.0. The number of hydrogen-bond acceptors (Lipinski definition) is 1. The first-order valence-electron chi connectivity index (χ1n) is 9.34. The van der Waals surface area contributed by atoms with Gasteiger partial charge in [0.05, 0.1) is 0 Å². The van der Waals surface area contributed by atoms with E-state index in [9.17, 15) is 0 Å². The summed E-state index contributed by atoms with van der Waals surface area (Å²) in [6, 6.07) is 0. The molecule has 0 rings (SSSR count). The summed E-state index contributed by atoms with van der Waals surface area (Å²) in [5, 5.41) is 0. The topological polar surface area (TPSA) is 9.23 Å². The van der Waals surface area contributed by atoms with Gasteiger partial charge in [-0.05, 0) is 0 Å². The Bertz CT molecular complexity index is 209. The van der Waals surface area contributed by atoms with Crippen molar-refractivity contribution in [3.8, 4) is 0 Å². The van der Waals surface area contributed by atoms with Gasteiger partial charge in [-0.3, -0.25) is 0 Å². The molecule has 128 valence electrons. The summed E-state index contributed by atoms with van der Waals surface area (Å²) in [5.74, 6) is 0. The van der Waals surface area contributed by atoms with E-state index in [4.69, 9.17) is 10.3 Å². The Labute approximate surface area is 147 Å². The van der Waals surface area contributed by atoms with Crippen molar-refractivity contribution in [1.82, 2.24) is 0 Å². The van der Waals surface area contributed by atoms with Gasteiger partial charge in [-0.2, -0.15) is 0 Å². The molecular formula is C17H39ClOSn2. The van der Waals surface area contributed by atoms with Crippen LogP contribution in [0.1, 0.15) is 79.1 Å². The van der Waals surface area contributed by atoms with Gasteiger partial charge in [-0.25, -0.2) is 0 Å². The van der Waals surface area contributed by atoms with Gasteiger partial charge in [-0.15, -0.1) is 0 Å². The predicted molar refractivity (Wildman–Crippen MR) is 103 cm³/mol. The maximum absolute atomic E-state index is 7.18. The van der Waals surface area contributed by atoms with Crippen LogP contribution in [0.3, 0.4) is 0 Å². The molecule has 0 heterocycles. The van der Waals surface area contributed by atoms with E-state index in [0.29, 0.717) is 0 Å². The van der Waals surface area contributed by atoms with Crippen LogP contribution in [0.2, 0.25) is 22.7 Å². The van der Waals surface area contributed by atoms with Gasteiger partial charge >= 0.3 is 149 Å². The second kappa shape index (κ2) is 13.2. The molecule has 4 heteroatoms. The van der Waals surface area contributed by atoms with Crippen LogP contribution in [-0.4, -0.2) is 36.5 Å². The third kappa shape index (κ3) is 11.1. The fourth-order valence-corrected chi connectivity index (χ4v) is 54.2. The number of hydrogen-bond donors (Lipinski definition) is 0. The van der Waals surface area contributed by atoms with E-state index in [1.165, 1.54) is 69.1 Å². The molecular weight excluding hydrogens is 493 g/mol. The van der Waals surface area contributed by atoms with E-state index in [1.54, 1.807) is 0 Å². The van der Waals surface area contributed by atoms with Crippen LogP contribution in [0.15, 0.2) is 0 Å². The van der Waals surface area contributed by atoms with E-state index < -0.39 is 36.5 Å². The Morgan fingerprint density at radius 1 is 0.667 bits per heavy atom. The number of unbranched alkanes of at least 4 members (excludes halogenated alkanes) is 4. The van der Waals surface area contributed by atoms with Crippen LogP contribution in [0, 0.1) is 0 Å². The molecule has 21 heavy (non-hydrogen) atoms. The first-order chi connectivity index (χ1) is 9.95. The molecule has 0 aliphatic rings. The summed E-state index contributed by atoms with van der Waals surface area (Å²) in [5.41, 5.74) is 0. The molecule has 0 spiro atoms. The summed E-state index contributed by atoms with van der Waals surface area (Å²) in [4.78, 5) is 2.55. The van der Waals surface area contributed by atoms with Crippen molar-refractivity contribution in [2.24, 2.45) is 0 Å². The van der Waals surface area contributed by atoms with Crippen molar-refractivity contribution >= 4 is 45.4 Å². The molecule has 0 aliphatic carbocycles. The zero-order valence-electron chi connectivity index (χ0n) is 15.3. The van der Waals surface area contributed by atoms with Crippen molar-refractivity contribution in [1.29, 1.82) is 0 Å². The quantitative estimate of drug-likeness (QED) is 0.211. The Balaban J connectivity index is 4.80. The second-order valence-electron chi connectivity index (χ2n) is 6.85. The van der Waals surface area contributed by atoms with E-state index in [0.717, 1.165) is 0 Å². The molecule has 0 N–H and O–H groups in total. The van der Waals surface area contributed by atoms with Crippen LogP contribution in [0.25, 0.3) is 0 Å². The zero-order chi connectivity index (χ0) is 16.2. The van der Waals surface area contributed by atoms with Crippen molar-refractivity contribution in [2.75, 3.05) is 0 Å². The van der Waals surface area contributed by atoms with Crippen LogP contribution in [-0.2, 0) is 1.41 Å². The van der Waals surface area contributed by atoms with E-state index in [2.05, 4.69) is 32.6 Å². The summed E-state index contributed by atoms with van der Waals surface area (Å²) < 4.78 is 12.3. The Kier molecular flexibility index (Phi) is 14.3. The van der Waals surface area contributed by atoms with Gasteiger partial charge in [-0.1, -0.05) is 0 Å². The third-order valence-electron chi connectivity index (χ3n) is 4.35. The predicted octanol–water partition coefficient (Wildman–Crippen LogP) is 7.46. The van der Waals surface area contributed by atoms with Crippen LogP contribution >= 0.6 is 8.92 Å². The van der Waals surface area contributed by atoms with Crippen LogP contribution in [0.4, 0.5) is 0 Å². The molecule has 0 aromatic rings. The van der Waals surface area contributed by atoms with Gasteiger partial charge in [0.2, 0.25) is 0 Å². The van der Waals surface area contributed by atoms with Crippen LogP contribution < -0.4 is 0 Å². The van der Waals surface area contributed by atoms with Gasteiger partial charge in [0, 0.05) is 0 Å². The zero-order valence-corrected chi connectivity index (χ0v) is 21.7. The molecule has 0 amide bonds. The van der Waals surface area contributed by atoms with E-state index in [1.807, 2.05) is 0 Å². The van der Waals surface area contributed by atoms with Gasteiger partial charge in [0.15, 0.2) is 0 Å². The third-order valence-corrected chi connectivity index (χ3v) is 43.6. The summed E-state index contributed by atoms with van der Waals surface area (Å²) in [6.07, 6.45) is 10.4. The molecule has 0 radical (unpaired) electrons. The minimum absolute atomic E-state index is 1.25. The Morgan fingerprint density at radius 3 is 1.33 bits per heavy atom. The molecule has 0 unspecified atom stereocenters. The van der Waals surface area contributed by atoms with Gasteiger partial charge < -0.3 is 0 Å². The number of rotatable bonds is 14. The summed E-state index contributed by atoms with van der Waals surface area (Å²) in [6.45, 7) is 9.16. The number of halogens is 1. The summed E-state index contributed by atoms with van der Waals surface area (Å²) >= 11 is -5.18. The molecule has 0 fully saturated rings. The molecule has 1 nitrogen and oxygen atoms in total. The normalized spacial score (nSPS) is 12.9. The fourth-order valence-electron chi connectivity index (χ4n) is 2.88. The van der Waals surface area contributed by atoms with Crippen molar-refractivity contribution < 1.29 is 1.41 Å². The standard InChI is InChI=1S/4C4H9.CH3.ClH.O.2Sn/c4*1-3-4-2;;;;;/h4*1,3-4H2,2H3;1H3;1H;;;/q;;;;;;;;+1/p-1. The molecule has 0 saturated heterocycles. The molecule has 0 aliphatic heterocycles. The maximum atomic E-state index is 7.18. The van der Waals surface area contributed by atoms with E-state index in [-0.39, 0.29) is 0 Å². The molecule has 0 saturated carbocycles. The Hall–Kier alpha value is 1.85. The van der Waals surface area contributed by atoms with Crippen LogP contribution in [0.5, 0.6) is 0 Å².